The van der Waals surface area contributed by atoms with Crippen LogP contribution in [0.15, 0.2) is 0 Å². The first-order valence-electron chi connectivity index (χ1n) is 1.10. The minimum atomic E-state index is -0.495. The van der Waals surface area contributed by atoms with Crippen molar-refractivity contribution in [2.75, 3.05) is 6.61 Å². The molecule has 0 saturated heterocycles. The number of hydrogen-bond donors (Lipinski definition) is 2. The Morgan fingerprint density at radius 3 is 2.00 bits per heavy atom. The average molecular weight is 158 g/mol. The van der Waals surface area contributed by atoms with E-state index >= 15 is 0 Å². The molecule has 2 nitrogen and oxygen atoms in total. The van der Waals surface area contributed by atoms with Crippen molar-refractivity contribution in [3.05, 3.63) is 0 Å². The van der Waals surface area contributed by atoms with E-state index in [-0.39, 0.29) is 19.5 Å². The molecule has 0 spiro atoms. The molecule has 0 aromatic heterocycles. The van der Waals surface area contributed by atoms with Crippen molar-refractivity contribution in [3.8, 4) is 0 Å². The number of thiol groups is 1. The summed E-state index contributed by atoms with van der Waals surface area (Å²) in [5, 5.41) is 7.22. The normalized spacial score (nSPS) is 6.33. The third kappa shape index (κ3) is 8.82. The van der Waals surface area contributed by atoms with E-state index in [9.17, 15) is 4.79 Å². The van der Waals surface area contributed by atoms with Crippen LogP contribution in [0.2, 0.25) is 0 Å². The predicted molar refractivity (Wildman–Crippen MR) is 21.1 cm³/mol. The van der Waals surface area contributed by atoms with Gasteiger partial charge in [0.05, 0.1) is 0 Å². The molecule has 0 rings (SSSR count). The van der Waals surface area contributed by atoms with E-state index in [4.69, 9.17) is 5.11 Å². The van der Waals surface area contributed by atoms with Gasteiger partial charge >= 0.3 is 0 Å². The summed E-state index contributed by atoms with van der Waals surface area (Å²) in [6, 6.07) is 0. The molecule has 0 unspecified atom stereocenters. The Labute approximate surface area is 54.1 Å². The summed E-state index contributed by atoms with van der Waals surface area (Å²) in [4.78, 5) is 9.43. The fraction of sp³-hybridized carbons (Fsp3) is 0.500. The van der Waals surface area contributed by atoms with Gasteiger partial charge in [-0.1, -0.05) is 0 Å². The summed E-state index contributed by atoms with van der Waals surface area (Å²) < 4.78 is 0. The molecule has 0 aliphatic carbocycles. The molecular formula is C2H4O2SZn. The fourth-order valence-corrected chi connectivity index (χ4v) is 0. The van der Waals surface area contributed by atoms with Gasteiger partial charge in [-0.3, -0.25) is 4.79 Å². The first-order chi connectivity index (χ1) is 2.27. The van der Waals surface area contributed by atoms with Gasteiger partial charge in [0, 0.05) is 19.5 Å². The molecular weight excluding hydrogens is 153 g/mol. The summed E-state index contributed by atoms with van der Waals surface area (Å²) in [6.07, 6.45) is 0. The van der Waals surface area contributed by atoms with Gasteiger partial charge in [-0.15, -0.1) is 12.6 Å². The maximum atomic E-state index is 9.43. The molecule has 0 bridgehead atoms. The number of aliphatic hydroxyl groups is 1. The average Bonchev–Trinajstić information content (AvgIpc) is 1.38. The zero-order valence-corrected chi connectivity index (χ0v) is 7.08. The third-order valence-corrected chi connectivity index (χ3v) is 0.277. The number of rotatable bonds is 1. The molecule has 4 heteroatoms. The molecule has 0 aliphatic heterocycles. The Morgan fingerprint density at radius 2 is 2.00 bits per heavy atom. The topological polar surface area (TPSA) is 37.3 Å². The van der Waals surface area contributed by atoms with Gasteiger partial charge in [0.25, 0.3) is 0 Å². The Balaban J connectivity index is 0. The van der Waals surface area contributed by atoms with E-state index in [0.29, 0.717) is 0 Å². The third-order valence-electron chi connectivity index (χ3n) is 0.135. The van der Waals surface area contributed by atoms with E-state index in [1.807, 2.05) is 0 Å². The van der Waals surface area contributed by atoms with Crippen LogP contribution in [0, 0.1) is 0 Å². The fourth-order valence-electron chi connectivity index (χ4n) is 0. The van der Waals surface area contributed by atoms with Crippen LogP contribution in [0.4, 0.5) is 0 Å². The molecule has 32 valence electrons. The van der Waals surface area contributed by atoms with Gasteiger partial charge in [0.15, 0.2) is 0 Å². The molecule has 1 N–H and O–H groups in total. The first kappa shape index (κ1) is 9.78. The summed E-state index contributed by atoms with van der Waals surface area (Å²) in [5.74, 6) is 0. The van der Waals surface area contributed by atoms with E-state index in [2.05, 4.69) is 12.6 Å². The second kappa shape index (κ2) is 5.60. The molecule has 0 heterocycles. The molecule has 0 saturated carbocycles. The van der Waals surface area contributed by atoms with Crippen molar-refractivity contribution in [1.29, 1.82) is 0 Å². The van der Waals surface area contributed by atoms with Gasteiger partial charge in [-0.2, -0.15) is 0 Å². The number of hydrogen-bond acceptors (Lipinski definition) is 2. The molecule has 0 aromatic carbocycles. The van der Waals surface area contributed by atoms with Crippen LogP contribution in [-0.2, 0) is 24.3 Å². The molecule has 0 aromatic rings. The molecule has 0 fully saturated rings. The maximum Gasteiger partial charge on any atom is 0.211 e. The van der Waals surface area contributed by atoms with Crippen LogP contribution in [0.5, 0.6) is 0 Å². The van der Waals surface area contributed by atoms with Crippen molar-refractivity contribution in [2.45, 2.75) is 0 Å². The second-order valence-electron chi connectivity index (χ2n) is 0.552. The van der Waals surface area contributed by atoms with Crippen LogP contribution >= 0.6 is 12.6 Å². The van der Waals surface area contributed by atoms with Crippen molar-refractivity contribution in [1.82, 2.24) is 0 Å². The molecule has 0 amide bonds. The van der Waals surface area contributed by atoms with E-state index < -0.39 is 11.7 Å². The molecule has 6 heavy (non-hydrogen) atoms. The minimum Gasteiger partial charge on any atom is -0.388 e. The molecule has 0 radical (unpaired) electrons. The maximum absolute atomic E-state index is 9.43. The van der Waals surface area contributed by atoms with Crippen LogP contribution in [0.3, 0.4) is 0 Å². The molecule has 0 aliphatic rings. The zero-order valence-electron chi connectivity index (χ0n) is 3.22. The van der Waals surface area contributed by atoms with Crippen molar-refractivity contribution < 1.29 is 29.4 Å². The Morgan fingerprint density at radius 1 is 1.83 bits per heavy atom. The van der Waals surface area contributed by atoms with Crippen LogP contribution < -0.4 is 0 Å². The number of carbonyl (C=O) groups excluding carboxylic acids is 1. The van der Waals surface area contributed by atoms with Crippen LogP contribution in [-0.4, -0.2) is 16.8 Å². The summed E-state index contributed by atoms with van der Waals surface area (Å²) in [7, 11) is 0. The Kier molecular flexibility index (Phi) is 9.14. The van der Waals surface area contributed by atoms with E-state index in [1.54, 1.807) is 0 Å². The largest absolute Gasteiger partial charge is 0.388 e. The summed E-state index contributed by atoms with van der Waals surface area (Å²) in [5.41, 5.74) is 0. The molecule has 0 atom stereocenters. The smallest absolute Gasteiger partial charge is 0.211 e. The first-order valence-corrected chi connectivity index (χ1v) is 1.54. The second-order valence-corrected chi connectivity index (χ2v) is 1.05. The number of aliphatic hydroxyl groups excluding tert-OH is 1. The monoisotopic (exact) mass is 156 g/mol. The van der Waals surface area contributed by atoms with E-state index in [1.165, 1.54) is 0 Å². The van der Waals surface area contributed by atoms with Crippen LogP contribution in [0.25, 0.3) is 0 Å². The van der Waals surface area contributed by atoms with Crippen molar-refractivity contribution in [2.24, 2.45) is 0 Å². The van der Waals surface area contributed by atoms with Gasteiger partial charge < -0.3 is 5.11 Å². The number of carbonyl (C=O) groups is 1. The van der Waals surface area contributed by atoms with Gasteiger partial charge in [0.1, 0.15) is 6.61 Å². The van der Waals surface area contributed by atoms with E-state index in [0.717, 1.165) is 0 Å². The quantitative estimate of drug-likeness (QED) is 0.395. The van der Waals surface area contributed by atoms with Gasteiger partial charge in [-0.05, 0) is 0 Å². The van der Waals surface area contributed by atoms with Crippen LogP contribution in [0.1, 0.15) is 0 Å². The minimum absolute atomic E-state index is 0. The predicted octanol–water partition coefficient (Wildman–Crippen LogP) is -0.567. The van der Waals surface area contributed by atoms with Crippen molar-refractivity contribution >= 4 is 17.7 Å². The van der Waals surface area contributed by atoms with Gasteiger partial charge in [0.2, 0.25) is 5.12 Å². The van der Waals surface area contributed by atoms with Gasteiger partial charge in [-0.25, -0.2) is 0 Å². The zero-order chi connectivity index (χ0) is 4.28. The van der Waals surface area contributed by atoms with Crippen molar-refractivity contribution in [3.63, 3.8) is 0 Å². The Bertz CT molecular complexity index is 46.8. The Hall–Kier alpha value is 0.603. The summed E-state index contributed by atoms with van der Waals surface area (Å²) in [6.45, 7) is -0.469. The standard InChI is InChI=1S/C2H4O2S.Zn/c3-1-2(4)5;/h3H,1H2,(H,4,5);. The SMILES string of the molecule is O=C(S)CO.[Zn]. The summed E-state index contributed by atoms with van der Waals surface area (Å²) >= 11 is 3.21.